The van der Waals surface area contributed by atoms with E-state index < -0.39 is 0 Å². The molecule has 104 valence electrons. The van der Waals surface area contributed by atoms with Crippen molar-refractivity contribution in [1.29, 1.82) is 0 Å². The average molecular weight is 355 g/mol. The molecular formula is C15H13BrClNO2. The summed E-state index contributed by atoms with van der Waals surface area (Å²) in [5.74, 6) is 0.370. The highest BCUT2D eigenvalue weighted by atomic mass is 79.9. The van der Waals surface area contributed by atoms with Gasteiger partial charge in [-0.25, -0.2) is 0 Å². The van der Waals surface area contributed by atoms with Gasteiger partial charge in [-0.1, -0.05) is 27.5 Å². The minimum atomic E-state index is -0.161. The second-order valence-electron chi connectivity index (χ2n) is 4.37. The molecule has 2 rings (SSSR count). The largest absolute Gasteiger partial charge is 0.496 e. The number of hydrogen-bond acceptors (Lipinski definition) is 3. The number of benzene rings is 2. The summed E-state index contributed by atoms with van der Waals surface area (Å²) in [6, 6.07) is 8.39. The lowest BCUT2D eigenvalue weighted by atomic mass is 10.0. The highest BCUT2D eigenvalue weighted by molar-refractivity contribution is 9.10. The number of carbonyl (C=O) groups is 1. The van der Waals surface area contributed by atoms with E-state index in [0.29, 0.717) is 27.6 Å². The molecule has 3 nitrogen and oxygen atoms in total. The molecule has 0 radical (unpaired) electrons. The van der Waals surface area contributed by atoms with Gasteiger partial charge in [0.15, 0.2) is 5.78 Å². The molecule has 0 aromatic heterocycles. The average Bonchev–Trinajstić information content (AvgIpc) is 2.43. The summed E-state index contributed by atoms with van der Waals surface area (Å²) in [6.45, 7) is 1.93. The van der Waals surface area contributed by atoms with E-state index in [2.05, 4.69) is 15.9 Å². The van der Waals surface area contributed by atoms with E-state index in [0.717, 1.165) is 10.0 Å². The Labute approximate surface area is 130 Å². The van der Waals surface area contributed by atoms with Crippen molar-refractivity contribution < 1.29 is 9.53 Å². The fraction of sp³-hybridized carbons (Fsp3) is 0.133. The summed E-state index contributed by atoms with van der Waals surface area (Å²) in [5, 5.41) is 0.429. The van der Waals surface area contributed by atoms with Crippen LogP contribution in [0, 0.1) is 6.92 Å². The molecule has 0 spiro atoms. The lowest BCUT2D eigenvalue weighted by Crippen LogP contribution is -2.05. The van der Waals surface area contributed by atoms with Crippen molar-refractivity contribution in [2.75, 3.05) is 12.8 Å². The second-order valence-corrected chi connectivity index (χ2v) is 5.63. The van der Waals surface area contributed by atoms with Gasteiger partial charge in [-0.2, -0.15) is 0 Å². The first-order valence-corrected chi connectivity index (χ1v) is 7.05. The number of methoxy groups -OCH3 is 1. The van der Waals surface area contributed by atoms with Crippen LogP contribution in [0.3, 0.4) is 0 Å². The fourth-order valence-electron chi connectivity index (χ4n) is 1.84. The Morgan fingerprint density at radius 1 is 1.30 bits per heavy atom. The summed E-state index contributed by atoms with van der Waals surface area (Å²) in [7, 11) is 1.54. The van der Waals surface area contributed by atoms with E-state index in [1.54, 1.807) is 24.3 Å². The van der Waals surface area contributed by atoms with Crippen LogP contribution >= 0.6 is 27.5 Å². The van der Waals surface area contributed by atoms with Gasteiger partial charge in [0.2, 0.25) is 0 Å². The number of hydrogen-bond donors (Lipinski definition) is 1. The molecule has 0 fully saturated rings. The maximum absolute atomic E-state index is 12.6. The van der Waals surface area contributed by atoms with Gasteiger partial charge in [0.1, 0.15) is 5.75 Å². The van der Waals surface area contributed by atoms with Crippen LogP contribution in [0.5, 0.6) is 5.75 Å². The molecule has 0 aliphatic heterocycles. The van der Waals surface area contributed by atoms with E-state index in [1.165, 1.54) is 7.11 Å². The van der Waals surface area contributed by atoms with Crippen LogP contribution in [0.25, 0.3) is 0 Å². The number of nitrogens with two attached hydrogens (primary N) is 1. The van der Waals surface area contributed by atoms with Crippen LogP contribution in [0.1, 0.15) is 21.5 Å². The third-order valence-electron chi connectivity index (χ3n) is 2.98. The van der Waals surface area contributed by atoms with Crippen LogP contribution in [0.15, 0.2) is 34.8 Å². The van der Waals surface area contributed by atoms with Crippen molar-refractivity contribution in [3.05, 3.63) is 56.5 Å². The molecule has 0 aliphatic rings. The smallest absolute Gasteiger partial charge is 0.196 e. The number of ether oxygens (including phenoxy) is 1. The zero-order valence-corrected chi connectivity index (χ0v) is 13.4. The lowest BCUT2D eigenvalue weighted by molar-refractivity contribution is 0.103. The number of carbonyl (C=O) groups excluding carboxylic acids is 1. The van der Waals surface area contributed by atoms with E-state index in [1.807, 2.05) is 13.0 Å². The Hall–Kier alpha value is -1.52. The Balaban J connectivity index is 2.52. The molecule has 2 aromatic carbocycles. The fourth-order valence-corrected chi connectivity index (χ4v) is 2.30. The Kier molecular flexibility index (Phi) is 4.35. The molecular weight excluding hydrogens is 342 g/mol. The van der Waals surface area contributed by atoms with Gasteiger partial charge in [-0.15, -0.1) is 0 Å². The molecule has 0 amide bonds. The van der Waals surface area contributed by atoms with Gasteiger partial charge in [0, 0.05) is 10.0 Å². The van der Waals surface area contributed by atoms with E-state index >= 15 is 0 Å². The lowest BCUT2D eigenvalue weighted by Gasteiger charge is -2.11. The first kappa shape index (κ1) is 14.9. The normalized spacial score (nSPS) is 10.4. The molecule has 0 saturated heterocycles. The van der Waals surface area contributed by atoms with Crippen molar-refractivity contribution in [3.8, 4) is 5.75 Å². The maximum atomic E-state index is 12.6. The summed E-state index contributed by atoms with van der Waals surface area (Å²) < 4.78 is 6.13. The Bertz CT molecular complexity index is 686. The molecule has 0 heterocycles. The standard InChI is InChI=1S/C15H13BrClNO2/c1-8-5-14(20-2)10(7-11(8)16)15(19)9-3-4-12(17)13(18)6-9/h3-7H,18H2,1-2H3. The predicted octanol–water partition coefficient (Wildman–Crippen LogP) is 4.23. The first-order chi connectivity index (χ1) is 9.43. The van der Waals surface area contributed by atoms with E-state index in [-0.39, 0.29) is 5.78 Å². The van der Waals surface area contributed by atoms with Gasteiger partial charge >= 0.3 is 0 Å². The molecule has 0 unspecified atom stereocenters. The van der Waals surface area contributed by atoms with Gasteiger partial charge in [-0.3, -0.25) is 4.79 Å². The number of nitrogen functional groups attached to an aromatic ring is 1. The summed E-state index contributed by atoms with van der Waals surface area (Å²) >= 11 is 9.29. The third kappa shape index (κ3) is 2.81. The van der Waals surface area contributed by atoms with Crippen LogP contribution in [-0.2, 0) is 0 Å². The van der Waals surface area contributed by atoms with Gasteiger partial charge < -0.3 is 10.5 Å². The molecule has 2 aromatic rings. The highest BCUT2D eigenvalue weighted by Crippen LogP contribution is 2.30. The molecule has 0 saturated carbocycles. The van der Waals surface area contributed by atoms with Crippen LogP contribution < -0.4 is 10.5 Å². The van der Waals surface area contributed by atoms with Crippen LogP contribution in [0.2, 0.25) is 5.02 Å². The highest BCUT2D eigenvalue weighted by Gasteiger charge is 2.17. The monoisotopic (exact) mass is 353 g/mol. The predicted molar refractivity (Wildman–Crippen MR) is 84.7 cm³/mol. The number of halogens is 2. The molecule has 0 bridgehead atoms. The Morgan fingerprint density at radius 2 is 2.00 bits per heavy atom. The molecule has 5 heteroatoms. The van der Waals surface area contributed by atoms with Crippen LogP contribution in [-0.4, -0.2) is 12.9 Å². The summed E-state index contributed by atoms with van der Waals surface area (Å²) in [5.41, 5.74) is 8.06. The SMILES string of the molecule is COc1cc(C)c(Br)cc1C(=O)c1ccc(Cl)c(N)c1. The maximum Gasteiger partial charge on any atom is 0.196 e. The molecule has 0 atom stereocenters. The van der Waals surface area contributed by atoms with Gasteiger partial charge in [0.05, 0.1) is 23.4 Å². The topological polar surface area (TPSA) is 52.3 Å². The summed E-state index contributed by atoms with van der Waals surface area (Å²) in [4.78, 5) is 12.6. The van der Waals surface area contributed by atoms with Crippen molar-refractivity contribution in [3.63, 3.8) is 0 Å². The number of ketones is 1. The zero-order valence-electron chi connectivity index (χ0n) is 11.0. The van der Waals surface area contributed by atoms with E-state index in [4.69, 9.17) is 22.1 Å². The third-order valence-corrected chi connectivity index (χ3v) is 4.18. The van der Waals surface area contributed by atoms with Crippen molar-refractivity contribution in [2.45, 2.75) is 6.92 Å². The van der Waals surface area contributed by atoms with Gasteiger partial charge in [-0.05, 0) is 42.8 Å². The zero-order chi connectivity index (χ0) is 14.9. The molecule has 20 heavy (non-hydrogen) atoms. The molecule has 0 aliphatic carbocycles. The number of rotatable bonds is 3. The first-order valence-electron chi connectivity index (χ1n) is 5.88. The quantitative estimate of drug-likeness (QED) is 0.663. The van der Waals surface area contributed by atoms with Crippen molar-refractivity contribution in [2.24, 2.45) is 0 Å². The van der Waals surface area contributed by atoms with Crippen molar-refractivity contribution in [1.82, 2.24) is 0 Å². The number of aryl methyl sites for hydroxylation is 1. The summed E-state index contributed by atoms with van der Waals surface area (Å²) in [6.07, 6.45) is 0. The second kappa shape index (κ2) is 5.85. The van der Waals surface area contributed by atoms with Crippen molar-refractivity contribution >= 4 is 39.0 Å². The minimum absolute atomic E-state index is 0.161. The van der Waals surface area contributed by atoms with Gasteiger partial charge in [0.25, 0.3) is 0 Å². The molecule has 2 N–H and O–H groups in total. The Morgan fingerprint density at radius 3 is 2.60 bits per heavy atom. The number of anilines is 1. The minimum Gasteiger partial charge on any atom is -0.496 e. The van der Waals surface area contributed by atoms with E-state index in [9.17, 15) is 4.79 Å². The van der Waals surface area contributed by atoms with Crippen LogP contribution in [0.4, 0.5) is 5.69 Å².